The van der Waals surface area contributed by atoms with Crippen molar-refractivity contribution in [3.63, 3.8) is 0 Å². The average molecular weight is 443 g/mol. The Hall–Kier alpha value is -1.37. The number of fused-ring (bicyclic) bond motifs is 1. The van der Waals surface area contributed by atoms with Crippen LogP contribution in [0.25, 0.3) is 0 Å². The van der Waals surface area contributed by atoms with Gasteiger partial charge in [-0.2, -0.15) is 0 Å². The van der Waals surface area contributed by atoms with Crippen molar-refractivity contribution in [2.45, 2.75) is 45.4 Å². The molecule has 8 heteroatoms. The van der Waals surface area contributed by atoms with E-state index in [1.807, 2.05) is 24.0 Å². The number of hydrogen-bond donors (Lipinski definition) is 2. The first-order valence-corrected chi connectivity index (χ1v) is 10.3. The van der Waals surface area contributed by atoms with E-state index in [0.29, 0.717) is 18.3 Å². The zero-order chi connectivity index (χ0) is 18.9. The van der Waals surface area contributed by atoms with Crippen LogP contribution >= 0.6 is 24.8 Å². The minimum atomic E-state index is -0.227. The largest absolute Gasteiger partial charge is 0.341 e. The molecule has 0 radical (unpaired) electrons. The van der Waals surface area contributed by atoms with Crippen LogP contribution in [0.5, 0.6) is 0 Å². The molecule has 1 aromatic rings. The molecule has 3 fully saturated rings. The lowest BCUT2D eigenvalue weighted by Crippen LogP contribution is -2.53. The lowest BCUT2D eigenvalue weighted by Gasteiger charge is -2.43. The quantitative estimate of drug-likeness (QED) is 0.753. The Balaban J connectivity index is 0.00000150. The van der Waals surface area contributed by atoms with Gasteiger partial charge in [0.1, 0.15) is 5.82 Å². The summed E-state index contributed by atoms with van der Waals surface area (Å²) in [6, 6.07) is 3.77. The van der Waals surface area contributed by atoms with Crippen LogP contribution in [0.3, 0.4) is 0 Å². The van der Waals surface area contributed by atoms with Crippen LogP contribution in [0.1, 0.15) is 44.1 Å². The van der Waals surface area contributed by atoms with Crippen LogP contribution in [0.2, 0.25) is 0 Å². The number of pyridine rings is 1. The van der Waals surface area contributed by atoms with Crippen LogP contribution in [-0.4, -0.2) is 47.9 Å². The maximum Gasteiger partial charge on any atom is 0.230 e. The van der Waals surface area contributed by atoms with Crippen molar-refractivity contribution in [3.05, 3.63) is 23.9 Å². The molecular formula is C21H32Cl2N4O2. The van der Waals surface area contributed by atoms with E-state index in [4.69, 9.17) is 0 Å². The minimum Gasteiger partial charge on any atom is -0.341 e. The highest BCUT2D eigenvalue weighted by atomic mass is 35.5. The fraction of sp³-hybridized carbons (Fsp3) is 0.667. The Bertz CT molecular complexity index is 715. The lowest BCUT2D eigenvalue weighted by molar-refractivity contribution is -0.148. The monoisotopic (exact) mass is 442 g/mol. The SMILES string of the molecule is Cc1ccc(NC(=O)C2CCCN(C(=O)[C@@]34CCCC[C@H]3CNC4)C2)nc1.Cl.Cl. The normalized spacial score (nSPS) is 28.5. The molecule has 4 rings (SSSR count). The number of halogens is 2. The number of carbonyl (C=O) groups excluding carboxylic acids is 2. The predicted molar refractivity (Wildman–Crippen MR) is 119 cm³/mol. The zero-order valence-corrected chi connectivity index (χ0v) is 18.6. The van der Waals surface area contributed by atoms with Crippen LogP contribution in [0.4, 0.5) is 5.82 Å². The van der Waals surface area contributed by atoms with Crippen LogP contribution < -0.4 is 10.6 Å². The third-order valence-corrected chi connectivity index (χ3v) is 6.71. The van der Waals surface area contributed by atoms with E-state index in [2.05, 4.69) is 15.6 Å². The maximum absolute atomic E-state index is 13.5. The van der Waals surface area contributed by atoms with Gasteiger partial charge < -0.3 is 15.5 Å². The molecule has 1 aliphatic carbocycles. The number of hydrogen-bond acceptors (Lipinski definition) is 4. The predicted octanol–water partition coefficient (Wildman–Crippen LogP) is 3.19. The molecule has 2 N–H and O–H groups in total. The molecule has 3 heterocycles. The van der Waals surface area contributed by atoms with E-state index in [1.54, 1.807) is 6.20 Å². The molecule has 0 aromatic carbocycles. The molecule has 2 aliphatic heterocycles. The fourth-order valence-electron chi connectivity index (χ4n) is 5.13. The highest BCUT2D eigenvalue weighted by Gasteiger charge is 2.51. The van der Waals surface area contributed by atoms with E-state index in [-0.39, 0.29) is 48.0 Å². The second kappa shape index (κ2) is 10.1. The summed E-state index contributed by atoms with van der Waals surface area (Å²) in [5.41, 5.74) is 0.837. The van der Waals surface area contributed by atoms with E-state index >= 15 is 0 Å². The van der Waals surface area contributed by atoms with Crippen LogP contribution in [-0.2, 0) is 9.59 Å². The van der Waals surface area contributed by atoms with E-state index in [9.17, 15) is 9.59 Å². The van der Waals surface area contributed by atoms with Crippen molar-refractivity contribution in [1.82, 2.24) is 15.2 Å². The number of amides is 2. The van der Waals surface area contributed by atoms with Gasteiger partial charge in [0.2, 0.25) is 11.8 Å². The van der Waals surface area contributed by atoms with Gasteiger partial charge in [-0.05, 0) is 56.7 Å². The van der Waals surface area contributed by atoms with Crippen molar-refractivity contribution in [3.8, 4) is 0 Å². The van der Waals surface area contributed by atoms with Gasteiger partial charge in [-0.3, -0.25) is 9.59 Å². The standard InChI is InChI=1S/C21H30N4O2.2ClH/c1-15-7-8-18(23-11-15)24-19(26)16-5-4-10-25(13-16)20(27)21-9-3-2-6-17(21)12-22-14-21;;/h7-8,11,16-17,22H,2-6,9-10,12-14H2,1H3,(H,23,24,26);2*1H/t16?,17-,21+;;/m0../s1. The lowest BCUT2D eigenvalue weighted by atomic mass is 9.67. The fourth-order valence-corrected chi connectivity index (χ4v) is 5.13. The van der Waals surface area contributed by atoms with Gasteiger partial charge in [0.05, 0.1) is 11.3 Å². The van der Waals surface area contributed by atoms with Gasteiger partial charge in [0.25, 0.3) is 0 Å². The smallest absolute Gasteiger partial charge is 0.230 e. The topological polar surface area (TPSA) is 74.3 Å². The summed E-state index contributed by atoms with van der Waals surface area (Å²) in [5, 5.41) is 6.38. The van der Waals surface area contributed by atoms with E-state index < -0.39 is 0 Å². The number of carbonyl (C=O) groups is 2. The van der Waals surface area contributed by atoms with Crippen molar-refractivity contribution in [2.24, 2.45) is 17.3 Å². The number of likely N-dealkylation sites (tertiary alicyclic amines) is 1. The Morgan fingerprint density at radius 1 is 1.21 bits per heavy atom. The number of aromatic nitrogens is 1. The molecule has 2 saturated heterocycles. The molecule has 3 aliphatic rings. The third kappa shape index (κ3) is 4.86. The first-order chi connectivity index (χ1) is 13.1. The highest BCUT2D eigenvalue weighted by Crippen LogP contribution is 2.45. The summed E-state index contributed by atoms with van der Waals surface area (Å²) >= 11 is 0. The summed E-state index contributed by atoms with van der Waals surface area (Å²) in [6.45, 7) is 5.05. The number of piperidine rings is 1. The summed E-state index contributed by atoms with van der Waals surface area (Å²) in [4.78, 5) is 32.4. The molecule has 2 amide bonds. The Morgan fingerprint density at radius 2 is 2.03 bits per heavy atom. The number of nitrogens with one attached hydrogen (secondary N) is 2. The number of nitrogens with zero attached hydrogens (tertiary/aromatic N) is 2. The highest BCUT2D eigenvalue weighted by molar-refractivity contribution is 5.92. The first-order valence-electron chi connectivity index (χ1n) is 10.3. The van der Waals surface area contributed by atoms with E-state index in [1.165, 1.54) is 6.42 Å². The summed E-state index contributed by atoms with van der Waals surface area (Å²) < 4.78 is 0. The van der Waals surface area contributed by atoms with Gasteiger partial charge in [-0.15, -0.1) is 24.8 Å². The second-order valence-corrected chi connectivity index (χ2v) is 8.53. The van der Waals surface area contributed by atoms with Gasteiger partial charge in [0.15, 0.2) is 0 Å². The average Bonchev–Trinajstić information content (AvgIpc) is 3.14. The molecule has 162 valence electrons. The number of rotatable bonds is 3. The molecule has 1 aromatic heterocycles. The molecule has 6 nitrogen and oxygen atoms in total. The summed E-state index contributed by atoms with van der Waals surface area (Å²) in [5.74, 6) is 1.15. The molecule has 1 saturated carbocycles. The van der Waals surface area contributed by atoms with Crippen molar-refractivity contribution in [1.29, 1.82) is 0 Å². The minimum absolute atomic E-state index is 0. The van der Waals surface area contributed by atoms with Gasteiger partial charge >= 0.3 is 0 Å². The van der Waals surface area contributed by atoms with Crippen molar-refractivity contribution in [2.75, 3.05) is 31.5 Å². The summed E-state index contributed by atoms with van der Waals surface area (Å²) in [7, 11) is 0. The number of anilines is 1. The van der Waals surface area contributed by atoms with Gasteiger partial charge in [-0.25, -0.2) is 4.98 Å². The zero-order valence-electron chi connectivity index (χ0n) is 17.0. The molecule has 1 unspecified atom stereocenters. The number of aryl methyl sites for hydroxylation is 1. The van der Waals surface area contributed by atoms with Crippen LogP contribution in [0, 0.1) is 24.2 Å². The third-order valence-electron chi connectivity index (χ3n) is 6.71. The van der Waals surface area contributed by atoms with Gasteiger partial charge in [0, 0.05) is 25.8 Å². The molecule has 3 atom stereocenters. The second-order valence-electron chi connectivity index (χ2n) is 8.53. The Morgan fingerprint density at radius 3 is 2.79 bits per heavy atom. The van der Waals surface area contributed by atoms with Crippen LogP contribution in [0.15, 0.2) is 18.3 Å². The van der Waals surface area contributed by atoms with E-state index in [0.717, 1.165) is 57.3 Å². The van der Waals surface area contributed by atoms with Gasteiger partial charge in [-0.1, -0.05) is 18.9 Å². The molecule has 0 spiro atoms. The molecule has 0 bridgehead atoms. The Kier molecular flexibility index (Phi) is 8.32. The first kappa shape index (κ1) is 23.9. The summed E-state index contributed by atoms with van der Waals surface area (Å²) in [6.07, 6.45) is 7.98. The Labute approximate surface area is 185 Å². The van der Waals surface area contributed by atoms with Crippen molar-refractivity contribution >= 4 is 42.4 Å². The van der Waals surface area contributed by atoms with Crippen molar-refractivity contribution < 1.29 is 9.59 Å². The maximum atomic E-state index is 13.5. The molecule has 29 heavy (non-hydrogen) atoms. The molecular weight excluding hydrogens is 411 g/mol.